The van der Waals surface area contributed by atoms with Crippen molar-refractivity contribution in [2.24, 2.45) is 0 Å². The summed E-state index contributed by atoms with van der Waals surface area (Å²) in [6, 6.07) is 27.4. The summed E-state index contributed by atoms with van der Waals surface area (Å²) in [5.74, 6) is -0.289. The number of carbonyl (C=O) groups is 2. The van der Waals surface area contributed by atoms with Crippen LogP contribution in [0.3, 0.4) is 0 Å². The lowest BCUT2D eigenvalue weighted by Crippen LogP contribution is -2.46. The smallest absolute Gasteiger partial charge is 0.279 e. The molecule has 0 spiro atoms. The minimum atomic E-state index is -0.775. The summed E-state index contributed by atoms with van der Waals surface area (Å²) in [7, 11) is 0. The number of fused-ring (bicyclic) bond motifs is 2. The van der Waals surface area contributed by atoms with Gasteiger partial charge in [-0.25, -0.2) is 0 Å². The summed E-state index contributed by atoms with van der Waals surface area (Å²) in [4.78, 5) is 24.4. The minimum absolute atomic E-state index is 0.431. The average molecular weight is 410 g/mol. The molecular weight excluding hydrogens is 388 g/mol. The lowest BCUT2D eigenvalue weighted by Gasteiger charge is -2.15. The molecule has 4 aromatic carbocycles. The van der Waals surface area contributed by atoms with E-state index in [1.54, 1.807) is 13.0 Å². The van der Waals surface area contributed by atoms with Gasteiger partial charge in [-0.15, -0.1) is 0 Å². The molecule has 1 unspecified atom stereocenters. The van der Waals surface area contributed by atoms with Gasteiger partial charge >= 0.3 is 0 Å². The number of hydrogen-bond acceptors (Lipinski definition) is 3. The molecule has 0 saturated carbocycles. The topological polar surface area (TPSA) is 67.4 Å². The molecule has 5 heteroatoms. The van der Waals surface area contributed by atoms with E-state index in [0.717, 1.165) is 27.1 Å². The molecule has 31 heavy (non-hydrogen) atoms. The first-order valence-corrected chi connectivity index (χ1v) is 10.0. The maximum atomic E-state index is 12.3. The Balaban J connectivity index is 1.33. The Hall–Kier alpha value is -4.12. The van der Waals surface area contributed by atoms with Gasteiger partial charge < -0.3 is 4.74 Å². The van der Waals surface area contributed by atoms with Gasteiger partial charge in [-0.2, -0.15) is 0 Å². The highest BCUT2D eigenvalue weighted by Gasteiger charge is 2.15. The largest absolute Gasteiger partial charge is 0.481 e. The van der Waals surface area contributed by atoms with Gasteiger partial charge in [0.25, 0.3) is 11.8 Å². The van der Waals surface area contributed by atoms with Gasteiger partial charge in [0.2, 0.25) is 0 Å². The monoisotopic (exact) mass is 410 g/mol. The van der Waals surface area contributed by atoms with Crippen LogP contribution in [0.4, 0.5) is 0 Å². The van der Waals surface area contributed by atoms with Crippen LogP contribution < -0.4 is 15.6 Å². The Bertz CT molecular complexity index is 1270. The van der Waals surface area contributed by atoms with Crippen molar-refractivity contribution in [1.82, 2.24) is 10.9 Å². The predicted molar refractivity (Wildman–Crippen MR) is 123 cm³/mol. The van der Waals surface area contributed by atoms with Gasteiger partial charge in [0.05, 0.1) is 0 Å². The van der Waals surface area contributed by atoms with Crippen molar-refractivity contribution in [1.29, 1.82) is 0 Å². The second-order valence-corrected chi connectivity index (χ2v) is 7.15. The molecule has 0 aliphatic carbocycles. The summed E-state index contributed by atoms with van der Waals surface area (Å²) < 4.78 is 5.71. The Morgan fingerprint density at radius 3 is 2.35 bits per heavy atom. The highest BCUT2D eigenvalue weighted by molar-refractivity contribution is 5.97. The number of nitrogens with one attached hydrogen (secondary N) is 2. The van der Waals surface area contributed by atoms with E-state index in [2.05, 4.69) is 10.9 Å². The van der Waals surface area contributed by atoms with Crippen LogP contribution in [0.5, 0.6) is 5.75 Å². The molecule has 4 rings (SSSR count). The molecular formula is C26H22N2O3. The van der Waals surface area contributed by atoms with Gasteiger partial charge in [-0.05, 0) is 52.2 Å². The number of hydrazine groups is 1. The van der Waals surface area contributed by atoms with Gasteiger partial charge in [-0.1, -0.05) is 72.8 Å². The Labute approximate surface area is 180 Å². The molecule has 0 aliphatic heterocycles. The molecule has 0 bridgehead atoms. The highest BCUT2D eigenvalue weighted by atomic mass is 16.5. The fourth-order valence-corrected chi connectivity index (χ4v) is 3.33. The van der Waals surface area contributed by atoms with Gasteiger partial charge in [0, 0.05) is 6.08 Å². The first-order valence-electron chi connectivity index (χ1n) is 10.0. The van der Waals surface area contributed by atoms with Crippen molar-refractivity contribution < 1.29 is 14.3 Å². The maximum absolute atomic E-state index is 12.3. The van der Waals surface area contributed by atoms with Gasteiger partial charge in [0.1, 0.15) is 5.75 Å². The van der Waals surface area contributed by atoms with Crippen LogP contribution in [0.2, 0.25) is 0 Å². The normalized spacial score (nSPS) is 12.0. The highest BCUT2D eigenvalue weighted by Crippen LogP contribution is 2.21. The molecule has 2 amide bonds. The summed E-state index contributed by atoms with van der Waals surface area (Å²) >= 11 is 0. The van der Waals surface area contributed by atoms with E-state index in [4.69, 9.17) is 4.74 Å². The summed E-state index contributed by atoms with van der Waals surface area (Å²) in [5.41, 5.74) is 5.71. The van der Waals surface area contributed by atoms with Crippen LogP contribution in [0.25, 0.3) is 27.6 Å². The summed E-state index contributed by atoms with van der Waals surface area (Å²) in [6.07, 6.45) is 2.33. The molecule has 0 fully saturated rings. The van der Waals surface area contributed by atoms with E-state index in [1.807, 2.05) is 84.9 Å². The van der Waals surface area contributed by atoms with Crippen molar-refractivity contribution in [2.75, 3.05) is 0 Å². The quantitative estimate of drug-likeness (QED) is 0.373. The standard InChI is InChI=1S/C26H22N2O3/c1-18(31-23-15-13-19-7-2-3-9-22(19)17-23)26(30)28-27-25(29)16-14-21-11-6-10-20-8-4-5-12-24(20)21/h2-18H,1H3,(H,27,29)(H,28,30). The Kier molecular flexibility index (Phi) is 5.94. The Morgan fingerprint density at radius 2 is 1.52 bits per heavy atom. The fourth-order valence-electron chi connectivity index (χ4n) is 3.33. The number of rotatable bonds is 5. The zero-order chi connectivity index (χ0) is 21.6. The zero-order valence-corrected chi connectivity index (χ0v) is 17.0. The number of hydrogen-bond donors (Lipinski definition) is 2. The second-order valence-electron chi connectivity index (χ2n) is 7.15. The predicted octanol–water partition coefficient (Wildman–Crippen LogP) is 4.62. The van der Waals surface area contributed by atoms with Crippen LogP contribution in [-0.2, 0) is 9.59 Å². The molecule has 0 aliphatic rings. The third-order valence-corrected chi connectivity index (χ3v) is 4.95. The lowest BCUT2D eigenvalue weighted by atomic mass is 10.0. The molecule has 0 saturated heterocycles. The minimum Gasteiger partial charge on any atom is -0.481 e. The van der Waals surface area contributed by atoms with E-state index in [0.29, 0.717) is 5.75 Å². The summed E-state index contributed by atoms with van der Waals surface area (Å²) in [6.45, 7) is 1.63. The number of amides is 2. The SMILES string of the molecule is CC(Oc1ccc2ccccc2c1)C(=O)NNC(=O)C=Cc1cccc2ccccc12. The molecule has 0 heterocycles. The van der Waals surface area contributed by atoms with Gasteiger partial charge in [0.15, 0.2) is 6.10 Å². The van der Waals surface area contributed by atoms with Crippen molar-refractivity contribution >= 4 is 39.4 Å². The van der Waals surface area contributed by atoms with E-state index in [1.165, 1.54) is 6.08 Å². The maximum Gasteiger partial charge on any atom is 0.279 e. The molecule has 1 atom stereocenters. The first kappa shape index (κ1) is 20.2. The molecule has 154 valence electrons. The molecule has 4 aromatic rings. The van der Waals surface area contributed by atoms with Crippen LogP contribution in [0.1, 0.15) is 12.5 Å². The van der Waals surface area contributed by atoms with Crippen molar-refractivity contribution in [3.8, 4) is 5.75 Å². The number of carbonyl (C=O) groups excluding carboxylic acids is 2. The third kappa shape index (κ3) is 4.90. The van der Waals surface area contributed by atoms with Gasteiger partial charge in [-0.3, -0.25) is 20.4 Å². The Morgan fingerprint density at radius 1 is 0.806 bits per heavy atom. The van der Waals surface area contributed by atoms with E-state index in [9.17, 15) is 9.59 Å². The van der Waals surface area contributed by atoms with Crippen molar-refractivity contribution in [2.45, 2.75) is 13.0 Å². The van der Waals surface area contributed by atoms with Crippen molar-refractivity contribution in [3.63, 3.8) is 0 Å². The average Bonchev–Trinajstić information content (AvgIpc) is 2.81. The van der Waals surface area contributed by atoms with E-state index < -0.39 is 17.9 Å². The second kappa shape index (κ2) is 9.13. The van der Waals surface area contributed by atoms with Crippen LogP contribution >= 0.6 is 0 Å². The number of ether oxygens (including phenoxy) is 1. The molecule has 0 radical (unpaired) electrons. The van der Waals surface area contributed by atoms with Crippen LogP contribution in [-0.4, -0.2) is 17.9 Å². The summed E-state index contributed by atoms with van der Waals surface area (Å²) in [5, 5.41) is 4.27. The number of benzene rings is 4. The first-order chi connectivity index (χ1) is 15.1. The molecule has 5 nitrogen and oxygen atoms in total. The van der Waals surface area contributed by atoms with Crippen LogP contribution in [0, 0.1) is 0 Å². The van der Waals surface area contributed by atoms with E-state index in [-0.39, 0.29) is 0 Å². The third-order valence-electron chi connectivity index (χ3n) is 4.95. The van der Waals surface area contributed by atoms with E-state index >= 15 is 0 Å². The molecule has 0 aromatic heterocycles. The van der Waals surface area contributed by atoms with Crippen LogP contribution in [0.15, 0.2) is 91.0 Å². The lowest BCUT2D eigenvalue weighted by molar-refractivity contribution is -0.131. The van der Waals surface area contributed by atoms with Crippen molar-refractivity contribution in [3.05, 3.63) is 96.6 Å². The zero-order valence-electron chi connectivity index (χ0n) is 17.0. The fraction of sp³-hybridized carbons (Fsp3) is 0.0769. The molecule has 2 N–H and O–H groups in total.